The minimum absolute atomic E-state index is 0.212. The lowest BCUT2D eigenvalue weighted by Gasteiger charge is -2.27. The van der Waals surface area contributed by atoms with Gasteiger partial charge in [0.25, 0.3) is 0 Å². The van der Waals surface area contributed by atoms with Gasteiger partial charge >= 0.3 is 5.97 Å². The Morgan fingerprint density at radius 1 is 1.18 bits per heavy atom. The van der Waals surface area contributed by atoms with E-state index in [1.807, 2.05) is 0 Å². The molecule has 2 aromatic carbocycles. The molecular formula is C24H25ClN2O5S. The molecule has 0 amide bonds. The van der Waals surface area contributed by atoms with Crippen LogP contribution in [0, 0.1) is 6.92 Å². The third-order valence-corrected chi connectivity index (χ3v) is 6.80. The summed E-state index contributed by atoms with van der Waals surface area (Å²) in [5.41, 5.74) is 2.39. The topological polar surface area (TPSA) is 115 Å². The van der Waals surface area contributed by atoms with Crippen LogP contribution in [0.5, 0.6) is 0 Å². The standard InChI is InChI=1S/C24H25ClN2O5S/c1-14-21(23(32-26-14)19(13-20(28)29)27-33(31)24(2,3)4)17-7-5-6-8-18(17)22(30)15-9-11-16(25)12-10-15/h5-12,19,27H,13H2,1-4H3,(H,28,29)/t19-,33?/m0/s1. The first-order valence-corrected chi connectivity index (χ1v) is 11.8. The molecule has 1 heterocycles. The minimum atomic E-state index is -1.57. The quantitative estimate of drug-likeness (QED) is 0.334. The maximum absolute atomic E-state index is 13.3. The number of aryl methyl sites for hydroxylation is 1. The fraction of sp³-hybridized carbons (Fsp3) is 0.292. The molecule has 7 nitrogen and oxygen atoms in total. The first-order valence-electron chi connectivity index (χ1n) is 10.2. The predicted molar refractivity (Wildman–Crippen MR) is 128 cm³/mol. The summed E-state index contributed by atoms with van der Waals surface area (Å²) in [6.45, 7) is 7.05. The Hall–Kier alpha value is -2.65. The first kappa shape index (κ1) is 25.0. The highest BCUT2D eigenvalue weighted by Crippen LogP contribution is 2.36. The summed E-state index contributed by atoms with van der Waals surface area (Å²) in [6, 6.07) is 12.6. The van der Waals surface area contributed by atoms with Crippen molar-refractivity contribution in [1.29, 1.82) is 0 Å². The van der Waals surface area contributed by atoms with Gasteiger partial charge in [-0.2, -0.15) is 0 Å². The van der Waals surface area contributed by atoms with E-state index in [2.05, 4.69) is 9.88 Å². The lowest BCUT2D eigenvalue weighted by Crippen LogP contribution is -2.41. The number of hydrogen-bond donors (Lipinski definition) is 2. The van der Waals surface area contributed by atoms with Crippen molar-refractivity contribution in [1.82, 2.24) is 9.88 Å². The van der Waals surface area contributed by atoms with Crippen LogP contribution in [0.4, 0.5) is 0 Å². The number of ketones is 1. The minimum Gasteiger partial charge on any atom is -0.598 e. The second-order valence-corrected chi connectivity index (χ2v) is 11.0. The average molecular weight is 489 g/mol. The molecule has 2 N–H and O–H groups in total. The van der Waals surface area contributed by atoms with E-state index in [0.29, 0.717) is 33.0 Å². The van der Waals surface area contributed by atoms with Crippen molar-refractivity contribution in [3.8, 4) is 11.1 Å². The molecule has 0 aliphatic heterocycles. The van der Waals surface area contributed by atoms with E-state index in [0.717, 1.165) is 0 Å². The monoisotopic (exact) mass is 488 g/mol. The number of carboxylic acid groups (broad SMARTS) is 1. The van der Waals surface area contributed by atoms with Gasteiger partial charge in [-0.1, -0.05) is 41.0 Å². The SMILES string of the molecule is Cc1noc([C@H](CC(=O)O)N[S+]([O-])C(C)(C)C)c1-c1ccccc1C(=O)c1ccc(Cl)cc1. The highest BCUT2D eigenvalue weighted by atomic mass is 35.5. The Balaban J connectivity index is 2.10. The van der Waals surface area contributed by atoms with Crippen molar-refractivity contribution >= 4 is 34.7 Å². The molecule has 0 aliphatic rings. The Morgan fingerprint density at radius 3 is 2.42 bits per heavy atom. The van der Waals surface area contributed by atoms with E-state index in [9.17, 15) is 19.2 Å². The molecule has 0 aliphatic carbocycles. The van der Waals surface area contributed by atoms with Gasteiger partial charge in [0.05, 0.1) is 17.7 Å². The van der Waals surface area contributed by atoms with E-state index in [1.54, 1.807) is 76.2 Å². The largest absolute Gasteiger partial charge is 0.598 e. The van der Waals surface area contributed by atoms with Gasteiger partial charge in [-0.15, -0.1) is 4.72 Å². The number of carbonyl (C=O) groups excluding carboxylic acids is 1. The Labute approximate surface area is 200 Å². The van der Waals surface area contributed by atoms with Crippen LogP contribution < -0.4 is 4.72 Å². The van der Waals surface area contributed by atoms with Gasteiger partial charge in [0.1, 0.15) is 10.8 Å². The third-order valence-electron chi connectivity index (χ3n) is 4.94. The van der Waals surface area contributed by atoms with Gasteiger partial charge in [-0.3, -0.25) is 9.59 Å². The van der Waals surface area contributed by atoms with Crippen molar-refractivity contribution in [3.63, 3.8) is 0 Å². The molecule has 1 aromatic heterocycles. The number of benzene rings is 2. The highest BCUT2D eigenvalue weighted by Gasteiger charge is 2.35. The predicted octanol–water partition coefficient (Wildman–Crippen LogP) is 5.10. The van der Waals surface area contributed by atoms with Gasteiger partial charge in [0, 0.05) is 27.5 Å². The lowest BCUT2D eigenvalue weighted by atomic mass is 9.91. The summed E-state index contributed by atoms with van der Waals surface area (Å²) in [4.78, 5) is 24.9. The fourth-order valence-corrected chi connectivity index (χ4v) is 4.21. The molecule has 0 saturated carbocycles. The number of carboxylic acids is 1. The fourth-order valence-electron chi connectivity index (χ4n) is 3.28. The van der Waals surface area contributed by atoms with Crippen LogP contribution >= 0.6 is 11.6 Å². The van der Waals surface area contributed by atoms with Crippen LogP contribution in [0.2, 0.25) is 5.02 Å². The van der Waals surface area contributed by atoms with Crippen molar-refractivity contribution in [3.05, 3.63) is 76.1 Å². The van der Waals surface area contributed by atoms with E-state index >= 15 is 0 Å². The van der Waals surface area contributed by atoms with Crippen molar-refractivity contribution < 1.29 is 23.8 Å². The van der Waals surface area contributed by atoms with Crippen LogP contribution in [-0.2, 0) is 16.2 Å². The molecule has 9 heteroatoms. The van der Waals surface area contributed by atoms with Gasteiger partial charge in [-0.05, 0) is 57.5 Å². The summed E-state index contributed by atoms with van der Waals surface area (Å²) in [5, 5.41) is 14.0. The maximum atomic E-state index is 13.3. The molecule has 2 atom stereocenters. The Morgan fingerprint density at radius 2 is 1.82 bits per heavy atom. The van der Waals surface area contributed by atoms with Crippen molar-refractivity contribution in [2.45, 2.75) is 44.9 Å². The summed E-state index contributed by atoms with van der Waals surface area (Å²) in [7, 11) is 0. The average Bonchev–Trinajstić information content (AvgIpc) is 3.13. The molecule has 33 heavy (non-hydrogen) atoms. The van der Waals surface area contributed by atoms with E-state index in [1.165, 1.54) is 0 Å². The number of halogens is 1. The lowest BCUT2D eigenvalue weighted by molar-refractivity contribution is -0.137. The molecule has 0 radical (unpaired) electrons. The van der Waals surface area contributed by atoms with Crippen molar-refractivity contribution in [2.24, 2.45) is 0 Å². The van der Waals surface area contributed by atoms with Crippen LogP contribution in [-0.4, -0.2) is 31.3 Å². The first-order chi connectivity index (χ1) is 15.5. The summed E-state index contributed by atoms with van der Waals surface area (Å²) < 4.78 is 20.5. The van der Waals surface area contributed by atoms with Crippen LogP contribution in [0.25, 0.3) is 11.1 Å². The molecule has 0 saturated heterocycles. The number of nitrogens with zero attached hydrogens (tertiary/aromatic N) is 1. The second-order valence-electron chi connectivity index (χ2n) is 8.54. The van der Waals surface area contributed by atoms with Crippen LogP contribution in [0.3, 0.4) is 0 Å². The molecule has 0 spiro atoms. The third kappa shape index (κ3) is 5.83. The molecule has 174 valence electrons. The number of hydrogen-bond acceptors (Lipinski definition) is 6. The zero-order chi connectivity index (χ0) is 24.3. The number of carbonyl (C=O) groups is 2. The maximum Gasteiger partial charge on any atom is 0.305 e. The van der Waals surface area contributed by atoms with Gasteiger partial charge in [-0.25, -0.2) is 0 Å². The second kappa shape index (κ2) is 10.1. The highest BCUT2D eigenvalue weighted by molar-refractivity contribution is 7.90. The Kier molecular flexibility index (Phi) is 7.64. The summed E-state index contributed by atoms with van der Waals surface area (Å²) in [5.74, 6) is -1.11. The van der Waals surface area contributed by atoms with E-state index < -0.39 is 28.1 Å². The number of aliphatic carboxylic acids is 1. The summed E-state index contributed by atoms with van der Waals surface area (Å²) >= 11 is 4.39. The summed E-state index contributed by atoms with van der Waals surface area (Å²) in [6.07, 6.45) is -0.378. The van der Waals surface area contributed by atoms with E-state index in [4.69, 9.17) is 16.1 Å². The molecule has 3 rings (SSSR count). The van der Waals surface area contributed by atoms with Crippen molar-refractivity contribution in [2.75, 3.05) is 0 Å². The smallest absolute Gasteiger partial charge is 0.305 e. The Bertz CT molecular complexity index is 1150. The number of nitrogens with one attached hydrogen (secondary N) is 1. The normalized spacial score (nSPS) is 13.5. The van der Waals surface area contributed by atoms with Gasteiger partial charge in [0.2, 0.25) is 0 Å². The van der Waals surface area contributed by atoms with Gasteiger partial charge < -0.3 is 14.2 Å². The van der Waals surface area contributed by atoms with Crippen LogP contribution in [0.1, 0.15) is 60.6 Å². The van der Waals surface area contributed by atoms with E-state index in [-0.39, 0.29) is 18.0 Å². The molecular weight excluding hydrogens is 464 g/mol. The molecule has 0 fully saturated rings. The molecule has 1 unspecified atom stereocenters. The zero-order valence-electron chi connectivity index (χ0n) is 18.7. The van der Waals surface area contributed by atoms with Gasteiger partial charge in [0.15, 0.2) is 11.5 Å². The van der Waals surface area contributed by atoms with Crippen LogP contribution in [0.15, 0.2) is 53.1 Å². The number of rotatable bonds is 8. The zero-order valence-corrected chi connectivity index (χ0v) is 20.3. The molecule has 0 bridgehead atoms. The number of aromatic nitrogens is 1. The molecule has 3 aromatic rings.